The molecule has 0 saturated carbocycles. The second kappa shape index (κ2) is 9.50. The van der Waals surface area contributed by atoms with E-state index in [9.17, 15) is 14.4 Å². The number of carbonyl (C=O) groups is 3. The maximum Gasteiger partial charge on any atom is 0.326 e. The number of hydrogen-bond donors (Lipinski definition) is 2. The molecule has 0 spiro atoms. The maximum atomic E-state index is 13.8. The first kappa shape index (κ1) is 23.8. The van der Waals surface area contributed by atoms with Crippen LogP contribution in [0.15, 0.2) is 66.7 Å². The highest BCUT2D eigenvalue weighted by molar-refractivity contribution is 6.12. The summed E-state index contributed by atoms with van der Waals surface area (Å²) in [6.45, 7) is 3.48. The van der Waals surface area contributed by atoms with Gasteiger partial charge >= 0.3 is 6.03 Å². The number of aryl methyl sites for hydroxylation is 2. The molecule has 0 aromatic heterocycles. The summed E-state index contributed by atoms with van der Waals surface area (Å²) >= 11 is 0. The molecular formula is C27H27N3O5. The van der Waals surface area contributed by atoms with Crippen molar-refractivity contribution in [1.82, 2.24) is 10.2 Å². The quantitative estimate of drug-likeness (QED) is 0.510. The van der Waals surface area contributed by atoms with Crippen molar-refractivity contribution in [2.24, 2.45) is 0 Å². The number of anilines is 1. The molecule has 0 radical (unpaired) electrons. The van der Waals surface area contributed by atoms with Crippen molar-refractivity contribution in [3.8, 4) is 11.5 Å². The fourth-order valence-electron chi connectivity index (χ4n) is 4.16. The lowest BCUT2D eigenvalue weighted by atomic mass is 9.81. The van der Waals surface area contributed by atoms with E-state index in [-0.39, 0.29) is 0 Å². The van der Waals surface area contributed by atoms with Gasteiger partial charge in [0, 0.05) is 23.9 Å². The maximum absolute atomic E-state index is 13.8. The van der Waals surface area contributed by atoms with Crippen LogP contribution in [0.5, 0.6) is 11.5 Å². The lowest BCUT2D eigenvalue weighted by Gasteiger charge is -2.28. The summed E-state index contributed by atoms with van der Waals surface area (Å²) in [5.74, 6) is -0.0666. The van der Waals surface area contributed by atoms with E-state index in [1.807, 2.05) is 50.2 Å². The fourth-order valence-corrected chi connectivity index (χ4v) is 4.16. The Bertz CT molecular complexity index is 1270. The SMILES string of the molecule is COc1cc(NC(=O)CN2C(=O)N[C@@](c3ccccc3)(c3ccc(C)c(C)c3)C2=O)cc(OC)c1. The second-order valence-corrected chi connectivity index (χ2v) is 8.39. The van der Waals surface area contributed by atoms with Crippen LogP contribution < -0.4 is 20.1 Å². The average molecular weight is 474 g/mol. The van der Waals surface area contributed by atoms with Gasteiger partial charge < -0.3 is 20.1 Å². The molecule has 0 bridgehead atoms. The van der Waals surface area contributed by atoms with Gasteiger partial charge in [0.2, 0.25) is 5.91 Å². The van der Waals surface area contributed by atoms with Crippen molar-refractivity contribution in [2.45, 2.75) is 19.4 Å². The topological polar surface area (TPSA) is 97.0 Å². The first-order chi connectivity index (χ1) is 16.8. The van der Waals surface area contributed by atoms with Gasteiger partial charge in [-0.2, -0.15) is 0 Å². The average Bonchev–Trinajstić information content (AvgIpc) is 3.11. The Labute approximate surface area is 203 Å². The van der Waals surface area contributed by atoms with Crippen LogP contribution in [0.3, 0.4) is 0 Å². The second-order valence-electron chi connectivity index (χ2n) is 8.39. The van der Waals surface area contributed by atoms with Crippen LogP contribution >= 0.6 is 0 Å². The minimum Gasteiger partial charge on any atom is -0.497 e. The van der Waals surface area contributed by atoms with E-state index >= 15 is 0 Å². The summed E-state index contributed by atoms with van der Waals surface area (Å²) in [7, 11) is 3.01. The molecule has 8 nitrogen and oxygen atoms in total. The zero-order chi connectivity index (χ0) is 25.2. The summed E-state index contributed by atoms with van der Waals surface area (Å²) < 4.78 is 10.5. The molecule has 1 atom stereocenters. The zero-order valence-corrected chi connectivity index (χ0v) is 20.0. The summed E-state index contributed by atoms with van der Waals surface area (Å²) in [4.78, 5) is 40.7. The van der Waals surface area contributed by atoms with Gasteiger partial charge in [-0.05, 0) is 36.1 Å². The molecule has 0 aliphatic carbocycles. The number of ether oxygens (including phenoxy) is 2. The third-order valence-electron chi connectivity index (χ3n) is 6.19. The molecule has 4 amide bonds. The molecule has 2 N–H and O–H groups in total. The van der Waals surface area contributed by atoms with E-state index in [1.54, 1.807) is 30.3 Å². The first-order valence-corrected chi connectivity index (χ1v) is 11.1. The number of carbonyl (C=O) groups excluding carboxylic acids is 3. The van der Waals surface area contributed by atoms with Crippen molar-refractivity contribution < 1.29 is 23.9 Å². The van der Waals surface area contributed by atoms with Crippen LogP contribution in [-0.2, 0) is 15.1 Å². The highest BCUT2D eigenvalue weighted by Gasteiger charge is 2.54. The molecule has 1 fully saturated rings. The highest BCUT2D eigenvalue weighted by atomic mass is 16.5. The van der Waals surface area contributed by atoms with Crippen molar-refractivity contribution in [1.29, 1.82) is 0 Å². The predicted molar refractivity (Wildman–Crippen MR) is 132 cm³/mol. The molecule has 3 aromatic rings. The van der Waals surface area contributed by atoms with E-state index in [0.29, 0.717) is 28.3 Å². The fraction of sp³-hybridized carbons (Fsp3) is 0.222. The van der Waals surface area contributed by atoms with Crippen molar-refractivity contribution in [3.05, 3.63) is 89.0 Å². The zero-order valence-electron chi connectivity index (χ0n) is 20.0. The molecule has 8 heteroatoms. The molecule has 4 rings (SSSR count). The lowest BCUT2D eigenvalue weighted by Crippen LogP contribution is -2.45. The van der Waals surface area contributed by atoms with Gasteiger partial charge in [0.25, 0.3) is 5.91 Å². The van der Waals surface area contributed by atoms with Crippen LogP contribution in [0.25, 0.3) is 0 Å². The Morgan fingerprint density at radius 1 is 0.886 bits per heavy atom. The van der Waals surface area contributed by atoms with Gasteiger partial charge in [-0.1, -0.05) is 48.5 Å². The molecule has 3 aromatic carbocycles. The molecule has 1 aliphatic rings. The number of hydrogen-bond acceptors (Lipinski definition) is 5. The Balaban J connectivity index is 1.65. The number of rotatable bonds is 7. The van der Waals surface area contributed by atoms with E-state index in [1.165, 1.54) is 14.2 Å². The number of imide groups is 1. The lowest BCUT2D eigenvalue weighted by molar-refractivity contribution is -0.133. The van der Waals surface area contributed by atoms with Gasteiger partial charge in [0.1, 0.15) is 18.0 Å². The highest BCUT2D eigenvalue weighted by Crippen LogP contribution is 2.37. The van der Waals surface area contributed by atoms with Gasteiger partial charge in [-0.25, -0.2) is 4.79 Å². The molecule has 180 valence electrons. The number of nitrogens with one attached hydrogen (secondary N) is 2. The summed E-state index contributed by atoms with van der Waals surface area (Å²) in [6.07, 6.45) is 0. The van der Waals surface area contributed by atoms with Gasteiger partial charge in [0.05, 0.1) is 14.2 Å². The van der Waals surface area contributed by atoms with E-state index in [4.69, 9.17) is 9.47 Å². The van der Waals surface area contributed by atoms with Crippen LogP contribution in [0.1, 0.15) is 22.3 Å². The summed E-state index contributed by atoms with van der Waals surface area (Å²) in [6, 6.07) is 19.0. The largest absolute Gasteiger partial charge is 0.497 e. The third-order valence-corrected chi connectivity index (χ3v) is 6.19. The van der Waals surface area contributed by atoms with E-state index in [2.05, 4.69) is 10.6 Å². The molecule has 1 heterocycles. The summed E-state index contributed by atoms with van der Waals surface area (Å²) in [5.41, 5.74) is 2.28. The number of nitrogens with zero attached hydrogens (tertiary/aromatic N) is 1. The Morgan fingerprint density at radius 2 is 1.54 bits per heavy atom. The first-order valence-electron chi connectivity index (χ1n) is 11.1. The minimum absolute atomic E-state index is 0.418. The molecule has 0 unspecified atom stereocenters. The van der Waals surface area contributed by atoms with E-state index in [0.717, 1.165) is 16.0 Å². The Kier molecular flexibility index (Phi) is 6.46. The minimum atomic E-state index is -1.43. The third kappa shape index (κ3) is 4.42. The van der Waals surface area contributed by atoms with Crippen LogP contribution in [0.2, 0.25) is 0 Å². The summed E-state index contributed by atoms with van der Waals surface area (Å²) in [5, 5.41) is 5.58. The van der Waals surface area contributed by atoms with Crippen LogP contribution in [0.4, 0.5) is 10.5 Å². The number of methoxy groups -OCH3 is 2. The van der Waals surface area contributed by atoms with Gasteiger partial charge in [-0.15, -0.1) is 0 Å². The van der Waals surface area contributed by atoms with E-state index < -0.39 is 29.9 Å². The number of benzene rings is 3. The number of urea groups is 1. The normalized spacial score (nSPS) is 17.2. The predicted octanol–water partition coefficient (Wildman–Crippen LogP) is 3.75. The molecule has 35 heavy (non-hydrogen) atoms. The van der Waals surface area contributed by atoms with Crippen LogP contribution in [-0.4, -0.2) is 43.5 Å². The van der Waals surface area contributed by atoms with Gasteiger partial charge in [-0.3, -0.25) is 14.5 Å². The smallest absolute Gasteiger partial charge is 0.326 e. The van der Waals surface area contributed by atoms with Crippen LogP contribution in [0, 0.1) is 13.8 Å². The standard InChI is InChI=1S/C27H27N3O5/c1-17-10-11-20(12-18(17)2)27(19-8-6-5-7-9-19)25(32)30(26(33)29-27)16-24(31)28-21-13-22(34-3)15-23(14-21)35-4/h5-15H,16H2,1-4H3,(H,28,31)(H,29,33)/t27-/m0/s1. The number of amides is 4. The van der Waals surface area contributed by atoms with Crippen molar-refractivity contribution in [3.63, 3.8) is 0 Å². The van der Waals surface area contributed by atoms with Gasteiger partial charge in [0.15, 0.2) is 5.54 Å². The Morgan fingerprint density at radius 3 is 2.14 bits per heavy atom. The van der Waals surface area contributed by atoms with Crippen molar-refractivity contribution in [2.75, 3.05) is 26.1 Å². The monoisotopic (exact) mass is 473 g/mol. The molecular weight excluding hydrogens is 446 g/mol. The molecule has 1 aliphatic heterocycles. The molecule has 1 saturated heterocycles. The van der Waals surface area contributed by atoms with Crippen molar-refractivity contribution >= 4 is 23.5 Å². The Hall–Kier alpha value is -4.33.